The van der Waals surface area contributed by atoms with Gasteiger partial charge in [-0.05, 0) is 28.7 Å². The zero-order valence-electron chi connectivity index (χ0n) is 17.4. The van der Waals surface area contributed by atoms with Gasteiger partial charge in [0.1, 0.15) is 0 Å². The van der Waals surface area contributed by atoms with Crippen LogP contribution in [0.25, 0.3) is 0 Å². The van der Waals surface area contributed by atoms with Crippen LogP contribution < -0.4 is 0 Å². The Hall–Kier alpha value is -2.92. The van der Waals surface area contributed by atoms with E-state index in [-0.39, 0.29) is 11.9 Å². The van der Waals surface area contributed by atoms with Crippen LogP contribution >= 0.6 is 0 Å². The van der Waals surface area contributed by atoms with E-state index in [0.717, 1.165) is 32.7 Å². The molecule has 5 nitrogen and oxygen atoms in total. The van der Waals surface area contributed by atoms with E-state index in [1.165, 1.54) is 16.7 Å². The van der Waals surface area contributed by atoms with E-state index in [2.05, 4.69) is 63.4 Å². The second-order valence-corrected chi connectivity index (χ2v) is 8.67. The van der Waals surface area contributed by atoms with Gasteiger partial charge in [0.15, 0.2) is 0 Å². The highest BCUT2D eigenvalue weighted by Gasteiger charge is 2.48. The lowest BCUT2D eigenvalue weighted by Crippen LogP contribution is -2.34. The predicted octanol–water partition coefficient (Wildman–Crippen LogP) is 3.58. The van der Waals surface area contributed by atoms with E-state index in [4.69, 9.17) is 0 Å². The number of fused-ring (bicyclic) bond motifs is 1. The molecule has 0 aliphatic carbocycles. The molecule has 0 N–H and O–H groups in total. The van der Waals surface area contributed by atoms with Crippen LogP contribution in [0.3, 0.4) is 0 Å². The summed E-state index contributed by atoms with van der Waals surface area (Å²) in [5, 5.41) is 4.32. The lowest BCUT2D eigenvalue weighted by Gasteiger charge is -2.29. The van der Waals surface area contributed by atoms with Crippen LogP contribution in [0.4, 0.5) is 0 Å². The van der Waals surface area contributed by atoms with Crippen molar-refractivity contribution in [2.75, 3.05) is 19.6 Å². The normalized spacial score (nSPS) is 23.6. The number of carbonyl (C=O) groups is 1. The van der Waals surface area contributed by atoms with E-state index in [1.54, 1.807) is 6.92 Å². The molecule has 0 radical (unpaired) electrons. The summed E-state index contributed by atoms with van der Waals surface area (Å²) in [6.07, 6.45) is 3.82. The number of benzene rings is 2. The average Bonchev–Trinajstić information content (AvgIpc) is 3.45. The summed E-state index contributed by atoms with van der Waals surface area (Å²) in [6.45, 7) is 6.44. The number of aromatic nitrogens is 2. The monoisotopic (exact) mass is 400 g/mol. The molecule has 154 valence electrons. The average molecular weight is 401 g/mol. The fourth-order valence-electron chi connectivity index (χ4n) is 5.33. The molecule has 0 bridgehead atoms. The van der Waals surface area contributed by atoms with E-state index in [9.17, 15) is 4.79 Å². The molecule has 2 aliphatic heterocycles. The van der Waals surface area contributed by atoms with Crippen LogP contribution in [-0.4, -0.2) is 45.1 Å². The number of nitrogens with zero attached hydrogens (tertiary/aromatic N) is 4. The Balaban J connectivity index is 1.30. The zero-order valence-corrected chi connectivity index (χ0v) is 17.4. The summed E-state index contributed by atoms with van der Waals surface area (Å²) < 4.78 is 1.96. The molecule has 0 unspecified atom stereocenters. The van der Waals surface area contributed by atoms with Crippen molar-refractivity contribution < 1.29 is 4.79 Å². The predicted molar refractivity (Wildman–Crippen MR) is 117 cm³/mol. The Morgan fingerprint density at radius 3 is 2.50 bits per heavy atom. The molecule has 2 aliphatic rings. The van der Waals surface area contributed by atoms with Crippen LogP contribution in [0.2, 0.25) is 0 Å². The van der Waals surface area contributed by atoms with Crippen molar-refractivity contribution in [1.82, 2.24) is 19.6 Å². The first-order valence-electron chi connectivity index (χ1n) is 10.8. The van der Waals surface area contributed by atoms with Crippen molar-refractivity contribution in [2.45, 2.75) is 26.1 Å². The fourth-order valence-corrected chi connectivity index (χ4v) is 5.33. The molecular weight excluding hydrogens is 372 g/mol. The number of rotatable bonds is 5. The third kappa shape index (κ3) is 3.77. The minimum atomic E-state index is 0.191. The molecule has 30 heavy (non-hydrogen) atoms. The minimum Gasteiger partial charge on any atom is -0.335 e. The molecule has 3 atom stereocenters. The molecule has 0 saturated carbocycles. The van der Waals surface area contributed by atoms with Crippen LogP contribution in [0.15, 0.2) is 73.1 Å². The summed E-state index contributed by atoms with van der Waals surface area (Å²) in [6, 6.07) is 21.5. The highest BCUT2D eigenvalue weighted by atomic mass is 16.2. The maximum Gasteiger partial charge on any atom is 0.219 e. The third-order valence-corrected chi connectivity index (χ3v) is 6.59. The van der Waals surface area contributed by atoms with Gasteiger partial charge in [-0.25, -0.2) is 0 Å². The van der Waals surface area contributed by atoms with Gasteiger partial charge in [0.25, 0.3) is 0 Å². The van der Waals surface area contributed by atoms with Crippen LogP contribution in [-0.2, 0) is 17.9 Å². The first-order chi connectivity index (χ1) is 14.7. The maximum absolute atomic E-state index is 12.3. The Bertz CT molecular complexity index is 1000. The Morgan fingerprint density at radius 1 is 0.967 bits per heavy atom. The third-order valence-electron chi connectivity index (χ3n) is 6.59. The smallest absolute Gasteiger partial charge is 0.219 e. The van der Waals surface area contributed by atoms with Crippen LogP contribution in [0.1, 0.15) is 29.7 Å². The summed E-state index contributed by atoms with van der Waals surface area (Å²) in [5.74, 6) is 1.24. The number of carbonyl (C=O) groups excluding carboxylic acids is 1. The van der Waals surface area contributed by atoms with Crippen molar-refractivity contribution in [3.8, 4) is 0 Å². The number of likely N-dealkylation sites (tertiary alicyclic amines) is 2. The van der Waals surface area contributed by atoms with Crippen molar-refractivity contribution in [1.29, 1.82) is 0 Å². The van der Waals surface area contributed by atoms with E-state index in [1.807, 2.05) is 29.2 Å². The van der Waals surface area contributed by atoms with E-state index < -0.39 is 0 Å². The summed E-state index contributed by atoms with van der Waals surface area (Å²) in [5.41, 5.74) is 3.89. The van der Waals surface area contributed by atoms with Gasteiger partial charge >= 0.3 is 0 Å². The molecule has 2 fully saturated rings. The Kier molecular flexibility index (Phi) is 5.13. The lowest BCUT2D eigenvalue weighted by atomic mass is 9.89. The standard InChI is InChI=1S/C25H28N4O/c1-19(30)29-17-23-16-27(18-24(23)25(29)22-9-3-2-4-10-22)14-20-7-5-8-21(13-20)15-28-12-6-11-26-28/h2-13,23-25H,14-18H2,1H3/t23-,24-,25-/m1/s1. The Labute approximate surface area is 177 Å². The number of hydrogen-bond acceptors (Lipinski definition) is 3. The second-order valence-electron chi connectivity index (χ2n) is 8.67. The van der Waals surface area contributed by atoms with Crippen LogP contribution in [0.5, 0.6) is 0 Å². The number of amides is 1. The molecule has 2 aromatic carbocycles. The highest BCUT2D eigenvalue weighted by molar-refractivity contribution is 5.74. The quantitative estimate of drug-likeness (QED) is 0.657. The van der Waals surface area contributed by atoms with Gasteiger partial charge in [0, 0.05) is 51.4 Å². The second kappa shape index (κ2) is 8.07. The molecule has 5 rings (SSSR count). The molecule has 1 aromatic heterocycles. The van der Waals surface area contributed by atoms with Gasteiger partial charge in [-0.1, -0.05) is 54.6 Å². The van der Waals surface area contributed by atoms with Crippen molar-refractivity contribution in [2.24, 2.45) is 11.8 Å². The topological polar surface area (TPSA) is 41.4 Å². The summed E-state index contributed by atoms with van der Waals surface area (Å²) in [4.78, 5) is 17.0. The summed E-state index contributed by atoms with van der Waals surface area (Å²) in [7, 11) is 0. The van der Waals surface area contributed by atoms with Gasteiger partial charge in [-0.2, -0.15) is 5.10 Å². The molecule has 1 amide bonds. The molecule has 2 saturated heterocycles. The highest BCUT2D eigenvalue weighted by Crippen LogP contribution is 2.45. The van der Waals surface area contributed by atoms with E-state index in [0.29, 0.717) is 11.8 Å². The molecule has 3 heterocycles. The van der Waals surface area contributed by atoms with Gasteiger partial charge in [0.05, 0.1) is 12.6 Å². The van der Waals surface area contributed by atoms with Gasteiger partial charge < -0.3 is 4.90 Å². The molecule has 3 aromatic rings. The molecule has 5 heteroatoms. The van der Waals surface area contributed by atoms with Crippen molar-refractivity contribution >= 4 is 5.91 Å². The molecule has 0 spiro atoms. The first-order valence-corrected chi connectivity index (χ1v) is 10.8. The maximum atomic E-state index is 12.3. The SMILES string of the molecule is CC(=O)N1C[C@H]2CN(Cc3cccc(Cn4cccn4)c3)C[C@H]2[C@H]1c1ccccc1. The van der Waals surface area contributed by atoms with Crippen molar-refractivity contribution in [3.05, 3.63) is 89.7 Å². The lowest BCUT2D eigenvalue weighted by molar-refractivity contribution is -0.130. The van der Waals surface area contributed by atoms with Gasteiger partial charge in [0.2, 0.25) is 5.91 Å². The van der Waals surface area contributed by atoms with Gasteiger partial charge in [-0.3, -0.25) is 14.4 Å². The molecular formula is C25H28N4O. The largest absolute Gasteiger partial charge is 0.335 e. The van der Waals surface area contributed by atoms with Crippen LogP contribution in [0, 0.1) is 11.8 Å². The van der Waals surface area contributed by atoms with Crippen molar-refractivity contribution in [3.63, 3.8) is 0 Å². The van der Waals surface area contributed by atoms with Gasteiger partial charge in [-0.15, -0.1) is 0 Å². The minimum absolute atomic E-state index is 0.191. The Morgan fingerprint density at radius 2 is 1.77 bits per heavy atom. The fraction of sp³-hybridized carbons (Fsp3) is 0.360. The number of hydrogen-bond donors (Lipinski definition) is 0. The first kappa shape index (κ1) is 19.1. The summed E-state index contributed by atoms with van der Waals surface area (Å²) >= 11 is 0. The van der Waals surface area contributed by atoms with E-state index >= 15 is 0 Å². The zero-order chi connectivity index (χ0) is 20.5.